The summed E-state index contributed by atoms with van der Waals surface area (Å²) >= 11 is 0. The highest BCUT2D eigenvalue weighted by Gasteiger charge is 2.51. The number of benzene rings is 2. The lowest BCUT2D eigenvalue weighted by Gasteiger charge is -2.26. The number of hydrogen-bond acceptors (Lipinski definition) is 7. The molecule has 0 aromatic heterocycles. The summed E-state index contributed by atoms with van der Waals surface area (Å²) < 4.78 is 10.2. The number of aliphatic hydroxyl groups is 2. The average molecular weight is 374 g/mol. The molecule has 27 heavy (non-hydrogen) atoms. The fourth-order valence-electron chi connectivity index (χ4n) is 3.37. The zero-order valence-electron chi connectivity index (χ0n) is 14.9. The highest BCUT2D eigenvalue weighted by molar-refractivity contribution is 5.82. The predicted molar refractivity (Wildman–Crippen MR) is 95.5 cm³/mol. The maximum atomic E-state index is 12.3. The monoisotopic (exact) mass is 374 g/mol. The van der Waals surface area contributed by atoms with Crippen molar-refractivity contribution >= 4 is 5.97 Å². The van der Waals surface area contributed by atoms with Crippen LogP contribution >= 0.6 is 0 Å². The number of esters is 1. The van der Waals surface area contributed by atoms with Crippen molar-refractivity contribution in [1.29, 1.82) is 0 Å². The first kappa shape index (κ1) is 19.0. The van der Waals surface area contributed by atoms with Gasteiger partial charge in [0.1, 0.15) is 5.75 Å². The van der Waals surface area contributed by atoms with Gasteiger partial charge in [0.2, 0.25) is 0 Å². The number of phenolic OH excluding ortho intramolecular Hbond substituents is 1. The molecule has 7 nitrogen and oxygen atoms in total. The molecule has 0 amide bonds. The van der Waals surface area contributed by atoms with Gasteiger partial charge in [0.15, 0.2) is 17.1 Å². The molecule has 2 aromatic carbocycles. The fourth-order valence-corrected chi connectivity index (χ4v) is 3.37. The van der Waals surface area contributed by atoms with Gasteiger partial charge in [-0.15, -0.1) is 0 Å². The number of carbonyl (C=O) groups is 1. The highest BCUT2D eigenvalue weighted by Crippen LogP contribution is 2.36. The van der Waals surface area contributed by atoms with Gasteiger partial charge < -0.3 is 29.9 Å². The molecule has 7 heteroatoms. The molecule has 0 bridgehead atoms. The van der Waals surface area contributed by atoms with Crippen molar-refractivity contribution in [3.63, 3.8) is 0 Å². The molecule has 1 fully saturated rings. The minimum atomic E-state index is -1.72. The topological polar surface area (TPSA) is 116 Å². The Morgan fingerprint density at radius 1 is 1.15 bits per heavy atom. The molecule has 1 unspecified atom stereocenters. The van der Waals surface area contributed by atoms with Crippen LogP contribution in [-0.2, 0) is 29.0 Å². The summed E-state index contributed by atoms with van der Waals surface area (Å²) in [5.41, 5.74) is 0.0448. The highest BCUT2D eigenvalue weighted by atomic mass is 16.6. The minimum absolute atomic E-state index is 0.00792. The number of phenols is 2. The third-order valence-electron chi connectivity index (χ3n) is 4.96. The van der Waals surface area contributed by atoms with Gasteiger partial charge in [0, 0.05) is 17.9 Å². The maximum absolute atomic E-state index is 12.3. The Morgan fingerprint density at radius 3 is 2.56 bits per heavy atom. The molecule has 2 aromatic rings. The molecule has 3 rings (SSSR count). The van der Waals surface area contributed by atoms with E-state index in [0.717, 1.165) is 5.56 Å². The summed E-state index contributed by atoms with van der Waals surface area (Å²) in [6.45, 7) is -0.239. The van der Waals surface area contributed by atoms with Gasteiger partial charge in [0.25, 0.3) is 0 Å². The number of methoxy groups -OCH3 is 1. The summed E-state index contributed by atoms with van der Waals surface area (Å²) in [5, 5.41) is 39.8. The van der Waals surface area contributed by atoms with Gasteiger partial charge >= 0.3 is 5.97 Å². The van der Waals surface area contributed by atoms with Gasteiger partial charge in [-0.05, 0) is 41.8 Å². The first-order valence-electron chi connectivity index (χ1n) is 8.54. The standard InChI is InChI=1S/C20H22O7/c1-26-18-8-13(3-5-17(18)23)9-20(25)15(11-27-19(20)24)7-12-2-4-16(22)14(6-12)10-21/h2-6,8,15,21-23,25H,7,9-11H2,1H3/t15?,20-/m0/s1. The molecule has 0 aliphatic carbocycles. The van der Waals surface area contributed by atoms with Crippen LogP contribution in [0.1, 0.15) is 16.7 Å². The van der Waals surface area contributed by atoms with Crippen molar-refractivity contribution in [2.24, 2.45) is 5.92 Å². The molecule has 2 atom stereocenters. The molecule has 1 aliphatic rings. The van der Waals surface area contributed by atoms with E-state index in [9.17, 15) is 25.2 Å². The predicted octanol–water partition coefficient (Wildman–Crippen LogP) is 1.29. The second-order valence-electron chi connectivity index (χ2n) is 6.73. The van der Waals surface area contributed by atoms with Crippen LogP contribution in [-0.4, -0.2) is 45.7 Å². The zero-order chi connectivity index (χ0) is 19.6. The Balaban J connectivity index is 1.84. The van der Waals surface area contributed by atoms with E-state index in [4.69, 9.17) is 9.47 Å². The average Bonchev–Trinajstić information content (AvgIpc) is 2.92. The number of cyclic esters (lactones) is 1. The van der Waals surface area contributed by atoms with E-state index in [2.05, 4.69) is 0 Å². The molecule has 1 saturated heterocycles. The van der Waals surface area contributed by atoms with Crippen LogP contribution in [0.3, 0.4) is 0 Å². The summed E-state index contributed by atoms with van der Waals surface area (Å²) in [5.74, 6) is -0.974. The molecule has 1 aliphatic heterocycles. The van der Waals surface area contributed by atoms with Crippen LogP contribution in [0.5, 0.6) is 17.2 Å². The molecule has 4 N–H and O–H groups in total. The Morgan fingerprint density at radius 2 is 1.85 bits per heavy atom. The lowest BCUT2D eigenvalue weighted by Crippen LogP contribution is -2.44. The summed E-state index contributed by atoms with van der Waals surface area (Å²) in [6.07, 6.45) is 0.350. The second kappa shape index (κ2) is 7.46. The first-order chi connectivity index (χ1) is 12.9. The van der Waals surface area contributed by atoms with Gasteiger partial charge in [-0.1, -0.05) is 12.1 Å². The SMILES string of the molecule is COc1cc(C[C@@]2(O)C(=O)OCC2Cc2ccc(O)c(CO)c2)ccc1O. The van der Waals surface area contributed by atoms with Crippen molar-refractivity contribution < 1.29 is 34.7 Å². The summed E-state index contributed by atoms with van der Waals surface area (Å²) in [6, 6.07) is 9.43. The Kier molecular flexibility index (Phi) is 5.25. The number of ether oxygens (including phenoxy) is 2. The van der Waals surface area contributed by atoms with Crippen LogP contribution in [0.15, 0.2) is 36.4 Å². The van der Waals surface area contributed by atoms with Gasteiger partial charge in [-0.3, -0.25) is 0 Å². The minimum Gasteiger partial charge on any atom is -0.508 e. The van der Waals surface area contributed by atoms with E-state index >= 15 is 0 Å². The molecule has 1 heterocycles. The third kappa shape index (κ3) is 3.70. The van der Waals surface area contributed by atoms with E-state index in [1.807, 2.05) is 0 Å². The quantitative estimate of drug-likeness (QED) is 0.563. The van der Waals surface area contributed by atoms with Crippen molar-refractivity contribution in [1.82, 2.24) is 0 Å². The van der Waals surface area contributed by atoms with Crippen LogP contribution in [0.4, 0.5) is 0 Å². The Hall–Kier alpha value is -2.77. The van der Waals surface area contributed by atoms with Crippen molar-refractivity contribution in [3.05, 3.63) is 53.1 Å². The van der Waals surface area contributed by atoms with E-state index in [0.29, 0.717) is 17.5 Å². The van der Waals surface area contributed by atoms with Crippen LogP contribution < -0.4 is 4.74 Å². The fraction of sp³-hybridized carbons (Fsp3) is 0.350. The number of hydrogen-bond donors (Lipinski definition) is 4. The molecule has 0 spiro atoms. The van der Waals surface area contributed by atoms with Crippen molar-refractivity contribution in [3.8, 4) is 17.2 Å². The van der Waals surface area contributed by atoms with E-state index in [1.54, 1.807) is 24.3 Å². The largest absolute Gasteiger partial charge is 0.508 e. The molecular weight excluding hydrogens is 352 g/mol. The smallest absolute Gasteiger partial charge is 0.338 e. The molecule has 0 radical (unpaired) electrons. The van der Waals surface area contributed by atoms with E-state index in [1.165, 1.54) is 19.2 Å². The van der Waals surface area contributed by atoms with Gasteiger partial charge in [-0.25, -0.2) is 4.79 Å². The number of aliphatic hydroxyl groups excluding tert-OH is 1. The van der Waals surface area contributed by atoms with E-state index < -0.39 is 17.5 Å². The first-order valence-corrected chi connectivity index (χ1v) is 8.54. The van der Waals surface area contributed by atoms with Crippen molar-refractivity contribution in [2.45, 2.75) is 25.0 Å². The lowest BCUT2D eigenvalue weighted by molar-refractivity contribution is -0.154. The summed E-state index contributed by atoms with van der Waals surface area (Å²) in [7, 11) is 1.42. The lowest BCUT2D eigenvalue weighted by atomic mass is 9.80. The second-order valence-corrected chi connectivity index (χ2v) is 6.73. The van der Waals surface area contributed by atoms with Gasteiger partial charge in [-0.2, -0.15) is 0 Å². The third-order valence-corrected chi connectivity index (χ3v) is 4.96. The van der Waals surface area contributed by atoms with Crippen LogP contribution in [0, 0.1) is 5.92 Å². The van der Waals surface area contributed by atoms with Crippen LogP contribution in [0.25, 0.3) is 0 Å². The maximum Gasteiger partial charge on any atom is 0.338 e. The van der Waals surface area contributed by atoms with Gasteiger partial charge in [0.05, 0.1) is 20.3 Å². The van der Waals surface area contributed by atoms with Crippen LogP contribution in [0.2, 0.25) is 0 Å². The number of aromatic hydroxyl groups is 2. The molecule has 0 saturated carbocycles. The van der Waals surface area contributed by atoms with Crippen molar-refractivity contribution in [2.75, 3.05) is 13.7 Å². The molecule has 144 valence electrons. The zero-order valence-corrected chi connectivity index (χ0v) is 14.9. The van der Waals surface area contributed by atoms with E-state index in [-0.39, 0.29) is 36.9 Å². The normalized spacial score (nSPS) is 21.9. The Labute approximate surface area is 156 Å². The molecular formula is C20H22O7. The Bertz CT molecular complexity index is 848. The number of rotatable bonds is 6. The number of carbonyl (C=O) groups excluding carboxylic acids is 1. The summed E-state index contributed by atoms with van der Waals surface area (Å²) in [4.78, 5) is 12.3.